The van der Waals surface area contributed by atoms with Crippen LogP contribution in [0.2, 0.25) is 0 Å². The highest BCUT2D eigenvalue weighted by molar-refractivity contribution is 5.83. The van der Waals surface area contributed by atoms with Gasteiger partial charge in [0, 0.05) is 19.4 Å². The maximum atomic E-state index is 11.6. The van der Waals surface area contributed by atoms with Gasteiger partial charge in [0.25, 0.3) is 0 Å². The minimum atomic E-state index is -1.13. The Labute approximate surface area is 112 Å². The molecule has 0 aliphatic rings. The standard InChI is InChI=1S/C14H19NO4/c1-10-3-2-4-11(9-10)5-6-13(17)15-12(7-8-16)14(18)19/h2-4,9,12,16H,5-8H2,1H3,(H,15,17)(H,18,19)/t12-/m1/s1. The van der Waals surface area contributed by atoms with Gasteiger partial charge in [0.1, 0.15) is 6.04 Å². The van der Waals surface area contributed by atoms with Gasteiger partial charge in [-0.3, -0.25) is 4.79 Å². The Morgan fingerprint density at radius 3 is 2.68 bits per heavy atom. The van der Waals surface area contributed by atoms with Gasteiger partial charge in [-0.25, -0.2) is 4.79 Å². The summed E-state index contributed by atoms with van der Waals surface area (Å²) in [6, 6.07) is 6.81. The van der Waals surface area contributed by atoms with E-state index >= 15 is 0 Å². The SMILES string of the molecule is Cc1cccc(CCC(=O)N[C@H](CCO)C(=O)O)c1. The maximum Gasteiger partial charge on any atom is 0.326 e. The molecule has 0 bridgehead atoms. The number of aryl methyl sites for hydroxylation is 2. The third-order valence-corrected chi connectivity index (χ3v) is 2.77. The summed E-state index contributed by atoms with van der Waals surface area (Å²) < 4.78 is 0. The summed E-state index contributed by atoms with van der Waals surface area (Å²) in [6.07, 6.45) is 0.823. The first-order chi connectivity index (χ1) is 9.02. The molecule has 0 saturated heterocycles. The third-order valence-electron chi connectivity index (χ3n) is 2.77. The lowest BCUT2D eigenvalue weighted by Gasteiger charge is -2.13. The fourth-order valence-corrected chi connectivity index (χ4v) is 1.78. The maximum absolute atomic E-state index is 11.6. The number of hydrogen-bond acceptors (Lipinski definition) is 3. The topological polar surface area (TPSA) is 86.6 Å². The number of benzene rings is 1. The minimum Gasteiger partial charge on any atom is -0.480 e. The number of rotatable bonds is 7. The highest BCUT2D eigenvalue weighted by Crippen LogP contribution is 2.06. The predicted octanol–water partition coefficient (Wildman–Crippen LogP) is 0.879. The van der Waals surface area contributed by atoms with Gasteiger partial charge in [-0.1, -0.05) is 29.8 Å². The van der Waals surface area contributed by atoms with E-state index < -0.39 is 12.0 Å². The molecule has 5 nitrogen and oxygen atoms in total. The van der Waals surface area contributed by atoms with Gasteiger partial charge in [-0.2, -0.15) is 0 Å². The van der Waals surface area contributed by atoms with Gasteiger partial charge < -0.3 is 15.5 Å². The van der Waals surface area contributed by atoms with Crippen molar-refractivity contribution in [3.63, 3.8) is 0 Å². The Morgan fingerprint density at radius 2 is 2.11 bits per heavy atom. The molecule has 0 aromatic heterocycles. The van der Waals surface area contributed by atoms with E-state index in [1.54, 1.807) is 0 Å². The zero-order valence-corrected chi connectivity index (χ0v) is 10.9. The summed E-state index contributed by atoms with van der Waals surface area (Å²) in [5.41, 5.74) is 2.17. The zero-order valence-electron chi connectivity index (χ0n) is 10.9. The Hall–Kier alpha value is -1.88. The molecule has 0 heterocycles. The van der Waals surface area contributed by atoms with Crippen molar-refractivity contribution in [2.75, 3.05) is 6.61 Å². The van der Waals surface area contributed by atoms with Crippen LogP contribution in [0.25, 0.3) is 0 Å². The number of aliphatic hydroxyl groups excluding tert-OH is 1. The molecule has 104 valence electrons. The molecule has 1 rings (SSSR count). The third kappa shape index (κ3) is 5.52. The Kier molecular flexibility index (Phi) is 6.02. The van der Waals surface area contributed by atoms with E-state index in [4.69, 9.17) is 10.2 Å². The number of carbonyl (C=O) groups excluding carboxylic acids is 1. The van der Waals surface area contributed by atoms with Crippen LogP contribution in [0.15, 0.2) is 24.3 Å². The van der Waals surface area contributed by atoms with Crippen LogP contribution in [0.5, 0.6) is 0 Å². The number of carboxylic acid groups (broad SMARTS) is 1. The Balaban J connectivity index is 2.44. The summed E-state index contributed by atoms with van der Waals surface area (Å²) in [7, 11) is 0. The van der Waals surface area contributed by atoms with Crippen molar-refractivity contribution >= 4 is 11.9 Å². The highest BCUT2D eigenvalue weighted by atomic mass is 16.4. The number of amides is 1. The van der Waals surface area contributed by atoms with Crippen LogP contribution in [-0.2, 0) is 16.0 Å². The molecule has 5 heteroatoms. The van der Waals surface area contributed by atoms with Gasteiger partial charge in [-0.15, -0.1) is 0 Å². The van der Waals surface area contributed by atoms with Crippen LogP contribution >= 0.6 is 0 Å². The smallest absolute Gasteiger partial charge is 0.326 e. The number of aliphatic hydroxyl groups is 1. The molecule has 3 N–H and O–H groups in total. The van der Waals surface area contributed by atoms with E-state index in [1.807, 2.05) is 31.2 Å². The molecular weight excluding hydrogens is 246 g/mol. The normalized spacial score (nSPS) is 11.9. The van der Waals surface area contributed by atoms with Crippen LogP contribution < -0.4 is 5.32 Å². The number of aliphatic carboxylic acids is 1. The molecule has 0 aliphatic heterocycles. The van der Waals surface area contributed by atoms with Crippen LogP contribution in [0.4, 0.5) is 0 Å². The first-order valence-corrected chi connectivity index (χ1v) is 6.21. The molecule has 0 saturated carbocycles. The average Bonchev–Trinajstić information content (AvgIpc) is 2.36. The Morgan fingerprint density at radius 1 is 1.37 bits per heavy atom. The minimum absolute atomic E-state index is 0.0194. The van der Waals surface area contributed by atoms with E-state index in [2.05, 4.69) is 5.32 Å². The van der Waals surface area contributed by atoms with Crippen molar-refractivity contribution in [1.29, 1.82) is 0 Å². The predicted molar refractivity (Wildman–Crippen MR) is 70.8 cm³/mol. The van der Waals surface area contributed by atoms with E-state index in [0.29, 0.717) is 6.42 Å². The molecule has 0 unspecified atom stereocenters. The summed E-state index contributed by atoms with van der Waals surface area (Å²) in [5.74, 6) is -1.44. The molecule has 0 radical (unpaired) electrons. The van der Waals surface area contributed by atoms with Crippen molar-refractivity contribution in [1.82, 2.24) is 5.32 Å². The average molecular weight is 265 g/mol. The van der Waals surface area contributed by atoms with Gasteiger partial charge in [0.15, 0.2) is 0 Å². The van der Waals surface area contributed by atoms with Gasteiger partial charge in [0.2, 0.25) is 5.91 Å². The van der Waals surface area contributed by atoms with Crippen LogP contribution in [-0.4, -0.2) is 34.7 Å². The van der Waals surface area contributed by atoms with E-state index in [0.717, 1.165) is 11.1 Å². The molecule has 0 spiro atoms. The lowest BCUT2D eigenvalue weighted by atomic mass is 10.1. The van der Waals surface area contributed by atoms with Crippen LogP contribution in [0.3, 0.4) is 0 Å². The number of carboxylic acids is 1. The molecule has 1 aromatic carbocycles. The number of carbonyl (C=O) groups is 2. The van der Waals surface area contributed by atoms with Crippen LogP contribution in [0, 0.1) is 6.92 Å². The van der Waals surface area contributed by atoms with Gasteiger partial charge in [-0.05, 0) is 18.9 Å². The summed E-state index contributed by atoms with van der Waals surface area (Å²) in [5, 5.41) is 20.0. The first kappa shape index (κ1) is 15.2. The largest absolute Gasteiger partial charge is 0.480 e. The second kappa shape index (κ2) is 7.53. The quantitative estimate of drug-likeness (QED) is 0.683. The number of hydrogen-bond donors (Lipinski definition) is 3. The van der Waals surface area contributed by atoms with Crippen molar-refractivity contribution in [2.45, 2.75) is 32.2 Å². The molecule has 1 aromatic rings. The van der Waals surface area contributed by atoms with E-state index in [9.17, 15) is 9.59 Å². The van der Waals surface area contributed by atoms with E-state index in [-0.39, 0.29) is 25.4 Å². The number of nitrogens with one attached hydrogen (secondary N) is 1. The van der Waals surface area contributed by atoms with Crippen molar-refractivity contribution in [3.05, 3.63) is 35.4 Å². The second-order valence-corrected chi connectivity index (χ2v) is 4.46. The van der Waals surface area contributed by atoms with Gasteiger partial charge >= 0.3 is 5.97 Å². The van der Waals surface area contributed by atoms with Crippen molar-refractivity contribution in [2.24, 2.45) is 0 Å². The summed E-state index contributed by atoms with van der Waals surface area (Å²) >= 11 is 0. The second-order valence-electron chi connectivity index (χ2n) is 4.46. The molecule has 1 atom stereocenters. The highest BCUT2D eigenvalue weighted by Gasteiger charge is 2.18. The lowest BCUT2D eigenvalue weighted by Crippen LogP contribution is -2.41. The Bertz CT molecular complexity index is 445. The summed E-state index contributed by atoms with van der Waals surface area (Å²) in [6.45, 7) is 1.71. The fourth-order valence-electron chi connectivity index (χ4n) is 1.78. The van der Waals surface area contributed by atoms with E-state index in [1.165, 1.54) is 0 Å². The molecule has 0 aliphatic carbocycles. The van der Waals surface area contributed by atoms with Crippen molar-refractivity contribution in [3.8, 4) is 0 Å². The molecule has 0 fully saturated rings. The molecule has 19 heavy (non-hydrogen) atoms. The monoisotopic (exact) mass is 265 g/mol. The van der Waals surface area contributed by atoms with Crippen LogP contribution in [0.1, 0.15) is 24.0 Å². The fraction of sp³-hybridized carbons (Fsp3) is 0.429. The zero-order chi connectivity index (χ0) is 14.3. The lowest BCUT2D eigenvalue weighted by molar-refractivity contribution is -0.142. The van der Waals surface area contributed by atoms with Gasteiger partial charge in [0.05, 0.1) is 0 Å². The molecular formula is C14H19NO4. The summed E-state index contributed by atoms with van der Waals surface area (Å²) in [4.78, 5) is 22.5. The van der Waals surface area contributed by atoms with Crippen molar-refractivity contribution < 1.29 is 19.8 Å². The molecule has 1 amide bonds. The first-order valence-electron chi connectivity index (χ1n) is 6.21.